The normalized spacial score (nSPS) is 12.5. The summed E-state index contributed by atoms with van der Waals surface area (Å²) in [4.78, 5) is 25.5. The Hall–Kier alpha value is -2.29. The highest BCUT2D eigenvalue weighted by atomic mass is 32.2. The van der Waals surface area contributed by atoms with Gasteiger partial charge in [0.25, 0.3) is 0 Å². The van der Waals surface area contributed by atoms with Gasteiger partial charge in [-0.15, -0.1) is 11.3 Å². The lowest BCUT2D eigenvalue weighted by atomic mass is 10.1. The predicted octanol–water partition coefficient (Wildman–Crippen LogP) is 4.96. The van der Waals surface area contributed by atoms with Crippen LogP contribution >= 0.6 is 23.3 Å². The van der Waals surface area contributed by atoms with Crippen molar-refractivity contribution < 1.29 is 19.4 Å². The molecule has 0 bridgehead atoms. The minimum absolute atomic E-state index is 0.0109. The summed E-state index contributed by atoms with van der Waals surface area (Å²) < 4.78 is 9.99. The van der Waals surface area contributed by atoms with E-state index in [9.17, 15) is 14.7 Å². The van der Waals surface area contributed by atoms with Gasteiger partial charge in [0.15, 0.2) is 0 Å². The average Bonchev–Trinajstić information content (AvgIpc) is 3.03. The molecule has 0 saturated heterocycles. The molecule has 0 aliphatic rings. The van der Waals surface area contributed by atoms with Crippen LogP contribution in [0.2, 0.25) is 0 Å². The molecule has 1 amide bonds. The lowest BCUT2D eigenvalue weighted by molar-refractivity contribution is -0.139. The van der Waals surface area contributed by atoms with Crippen LogP contribution in [0.4, 0.5) is 10.5 Å². The molecule has 0 fully saturated rings. The van der Waals surface area contributed by atoms with Crippen molar-refractivity contribution in [3.63, 3.8) is 0 Å². The highest BCUT2D eigenvalue weighted by molar-refractivity contribution is 7.97. The fraction of sp³-hybridized carbons (Fsp3) is 0.300. The second kappa shape index (κ2) is 8.38. The summed E-state index contributed by atoms with van der Waals surface area (Å²) in [6.45, 7) is 3.76. The van der Waals surface area contributed by atoms with E-state index < -0.39 is 18.1 Å². The molecular formula is C20H22N2O4S2. The van der Waals surface area contributed by atoms with E-state index in [1.165, 1.54) is 24.0 Å². The predicted molar refractivity (Wildman–Crippen MR) is 115 cm³/mol. The van der Waals surface area contributed by atoms with Crippen LogP contribution in [0.15, 0.2) is 41.3 Å². The van der Waals surface area contributed by atoms with Crippen LogP contribution in [0.25, 0.3) is 20.2 Å². The van der Waals surface area contributed by atoms with Gasteiger partial charge in [-0.1, -0.05) is 26.0 Å². The van der Waals surface area contributed by atoms with Crippen molar-refractivity contribution in [1.82, 2.24) is 4.72 Å². The maximum absolute atomic E-state index is 11.7. The number of carbonyl (C=O) groups excluding carboxylic acids is 1. The lowest BCUT2D eigenvalue weighted by Crippen LogP contribution is -2.36. The summed E-state index contributed by atoms with van der Waals surface area (Å²) in [5.74, 6) is -0.865. The molecule has 148 valence electrons. The van der Waals surface area contributed by atoms with E-state index in [2.05, 4.69) is 10.8 Å². The van der Waals surface area contributed by atoms with Crippen LogP contribution in [0.1, 0.15) is 13.8 Å². The Bertz CT molecular complexity index is 1030. The van der Waals surface area contributed by atoms with Crippen LogP contribution in [-0.4, -0.2) is 37.4 Å². The van der Waals surface area contributed by atoms with Crippen LogP contribution in [0, 0.1) is 5.92 Å². The van der Waals surface area contributed by atoms with Crippen molar-refractivity contribution in [2.45, 2.75) is 24.8 Å². The van der Waals surface area contributed by atoms with Gasteiger partial charge in [0, 0.05) is 37.8 Å². The molecule has 0 saturated carbocycles. The second-order valence-corrected chi connectivity index (χ2v) is 8.74. The minimum atomic E-state index is -0.854. The number of carbonyl (C=O) groups is 2. The molecule has 3 rings (SSSR count). The number of aliphatic carboxylic acids is 1. The number of nitrogens with zero attached hydrogens (tertiary/aromatic N) is 1. The van der Waals surface area contributed by atoms with E-state index >= 15 is 0 Å². The van der Waals surface area contributed by atoms with Gasteiger partial charge >= 0.3 is 12.1 Å². The number of hydrogen-bond donors (Lipinski definition) is 2. The maximum Gasteiger partial charge on any atom is 0.413 e. The van der Waals surface area contributed by atoms with Crippen LogP contribution in [-0.2, 0) is 9.53 Å². The molecular weight excluding hydrogens is 396 g/mol. The zero-order chi connectivity index (χ0) is 20.4. The minimum Gasteiger partial charge on any atom is -0.480 e. The smallest absolute Gasteiger partial charge is 0.413 e. The fourth-order valence-corrected chi connectivity index (χ4v) is 5.07. The molecule has 28 heavy (non-hydrogen) atoms. The monoisotopic (exact) mass is 418 g/mol. The van der Waals surface area contributed by atoms with Gasteiger partial charge in [0.2, 0.25) is 0 Å². The third-order valence-corrected chi connectivity index (χ3v) is 6.48. The van der Waals surface area contributed by atoms with Gasteiger partial charge in [-0.3, -0.25) is 9.69 Å². The molecule has 0 aliphatic carbocycles. The number of rotatable bonds is 6. The number of anilines is 1. The van der Waals surface area contributed by atoms with E-state index in [1.54, 1.807) is 18.4 Å². The zero-order valence-corrected chi connectivity index (χ0v) is 17.7. The maximum atomic E-state index is 11.7. The Balaban J connectivity index is 1.88. The van der Waals surface area contributed by atoms with Crippen LogP contribution in [0.5, 0.6) is 0 Å². The van der Waals surface area contributed by atoms with Crippen molar-refractivity contribution in [2.24, 2.45) is 5.92 Å². The third kappa shape index (κ3) is 4.09. The number of carboxylic acids is 1. The van der Waals surface area contributed by atoms with Crippen LogP contribution in [0.3, 0.4) is 0 Å². The molecule has 2 aromatic carbocycles. The quantitative estimate of drug-likeness (QED) is 0.551. The van der Waals surface area contributed by atoms with Gasteiger partial charge in [-0.2, -0.15) is 0 Å². The number of ether oxygens (including phenoxy) is 1. The third-order valence-electron chi connectivity index (χ3n) is 4.50. The average molecular weight is 419 g/mol. The molecule has 0 aliphatic heterocycles. The van der Waals surface area contributed by atoms with Crippen molar-refractivity contribution in [3.05, 3.63) is 36.4 Å². The standard InChI is InChI=1S/C20H22N2O4S2/c1-11(2)18(19(23)24)21-28-13-6-8-15-14-7-5-12(22(3)20(25)26-4)9-16(14)27-17(15)10-13/h5-11,18,21H,1-4H3,(H,23,24). The van der Waals surface area contributed by atoms with E-state index in [0.29, 0.717) is 0 Å². The van der Waals surface area contributed by atoms with Crippen molar-refractivity contribution >= 4 is 61.2 Å². The number of carboxylic acid groups (broad SMARTS) is 1. The van der Waals surface area contributed by atoms with E-state index in [-0.39, 0.29) is 5.92 Å². The molecule has 2 N–H and O–H groups in total. The molecule has 1 aromatic heterocycles. The summed E-state index contributed by atoms with van der Waals surface area (Å²) in [6, 6.07) is 11.4. The SMILES string of the molecule is COC(=O)N(C)c1ccc2c(c1)sc1cc(SNC(C(=O)O)C(C)C)ccc12. The van der Waals surface area contributed by atoms with Crippen molar-refractivity contribution in [1.29, 1.82) is 0 Å². The Morgan fingerprint density at radius 2 is 1.79 bits per heavy atom. The molecule has 8 heteroatoms. The highest BCUT2D eigenvalue weighted by Crippen LogP contribution is 2.37. The Morgan fingerprint density at radius 1 is 1.14 bits per heavy atom. The summed E-state index contributed by atoms with van der Waals surface area (Å²) in [5.41, 5.74) is 0.767. The van der Waals surface area contributed by atoms with Gasteiger partial charge < -0.3 is 9.84 Å². The summed E-state index contributed by atoms with van der Waals surface area (Å²) in [6.07, 6.45) is -0.414. The van der Waals surface area contributed by atoms with Gasteiger partial charge in [0.1, 0.15) is 6.04 Å². The molecule has 0 spiro atoms. The fourth-order valence-electron chi connectivity index (χ4n) is 2.86. The molecule has 1 heterocycles. The first kappa shape index (κ1) is 20.4. The summed E-state index contributed by atoms with van der Waals surface area (Å²) in [5, 5.41) is 11.6. The lowest BCUT2D eigenvalue weighted by Gasteiger charge is -2.17. The molecule has 1 atom stereocenters. The Labute approximate surface area is 171 Å². The highest BCUT2D eigenvalue weighted by Gasteiger charge is 2.21. The van der Waals surface area contributed by atoms with E-state index in [4.69, 9.17) is 4.74 Å². The number of fused-ring (bicyclic) bond motifs is 3. The number of nitrogens with one attached hydrogen (secondary N) is 1. The second-order valence-electron chi connectivity index (χ2n) is 6.75. The van der Waals surface area contributed by atoms with Gasteiger partial charge in [-0.25, -0.2) is 9.52 Å². The zero-order valence-electron chi connectivity index (χ0n) is 16.1. The number of hydrogen-bond acceptors (Lipinski definition) is 6. The van der Waals surface area contributed by atoms with Gasteiger partial charge in [-0.05, 0) is 42.1 Å². The Kier molecular flexibility index (Phi) is 6.12. The van der Waals surface area contributed by atoms with Crippen LogP contribution < -0.4 is 9.62 Å². The molecule has 0 radical (unpaired) electrons. The number of methoxy groups -OCH3 is 1. The number of amides is 1. The van der Waals surface area contributed by atoms with Gasteiger partial charge in [0.05, 0.1) is 7.11 Å². The largest absolute Gasteiger partial charge is 0.480 e. The topological polar surface area (TPSA) is 78.9 Å². The van der Waals surface area contributed by atoms with Crippen molar-refractivity contribution in [3.8, 4) is 0 Å². The molecule has 1 unspecified atom stereocenters. The summed E-state index contributed by atoms with van der Waals surface area (Å²) in [7, 11) is 3.03. The summed E-state index contributed by atoms with van der Waals surface area (Å²) >= 11 is 2.97. The molecule has 6 nitrogen and oxygen atoms in total. The first-order valence-electron chi connectivity index (χ1n) is 8.75. The first-order valence-corrected chi connectivity index (χ1v) is 10.4. The van der Waals surface area contributed by atoms with E-state index in [1.807, 2.05) is 44.2 Å². The first-order chi connectivity index (χ1) is 13.3. The molecule has 3 aromatic rings. The van der Waals surface area contributed by atoms with E-state index in [0.717, 1.165) is 30.8 Å². The van der Waals surface area contributed by atoms with Crippen molar-refractivity contribution in [2.75, 3.05) is 19.1 Å². The Morgan fingerprint density at radius 3 is 2.39 bits per heavy atom. The number of thiophene rings is 1. The number of benzene rings is 2.